The summed E-state index contributed by atoms with van der Waals surface area (Å²) in [5.41, 5.74) is 8.02. The molecule has 0 radical (unpaired) electrons. The second kappa shape index (κ2) is 4.44. The van der Waals surface area contributed by atoms with E-state index in [0.29, 0.717) is 11.9 Å². The van der Waals surface area contributed by atoms with E-state index in [1.165, 1.54) is 12.2 Å². The second-order valence-corrected chi connectivity index (χ2v) is 3.39. The predicted octanol–water partition coefficient (Wildman–Crippen LogP) is 1.35. The van der Waals surface area contributed by atoms with Crippen LogP contribution in [0.15, 0.2) is 5.11 Å². The van der Waals surface area contributed by atoms with Crippen molar-refractivity contribution < 1.29 is 0 Å². The Balaban J connectivity index is 2.19. The number of hydrogen-bond acceptors (Lipinski definition) is 3. The molecule has 0 aromatic heterocycles. The molecular weight excluding hydrogens is 148 g/mol. The molecule has 1 unspecified atom stereocenters. The first kappa shape index (κ1) is 7.72. The van der Waals surface area contributed by atoms with Crippen LogP contribution in [-0.2, 0) is 0 Å². The van der Waals surface area contributed by atoms with Gasteiger partial charge in [-0.05, 0) is 24.2 Å². The molecule has 1 aliphatic heterocycles. The van der Waals surface area contributed by atoms with E-state index < -0.39 is 0 Å². The van der Waals surface area contributed by atoms with Crippen molar-refractivity contribution in [2.75, 3.05) is 18.8 Å². The van der Waals surface area contributed by atoms with Gasteiger partial charge in [0.25, 0.3) is 0 Å². The molecule has 4 nitrogen and oxygen atoms in total. The predicted molar refractivity (Wildman–Crippen MR) is 42.9 cm³/mol. The Bertz CT molecular complexity index is 137. The quantitative estimate of drug-likeness (QED) is 0.374. The van der Waals surface area contributed by atoms with Crippen molar-refractivity contribution in [2.24, 2.45) is 5.11 Å². The first-order valence-electron chi connectivity index (χ1n) is 3.29. The van der Waals surface area contributed by atoms with Gasteiger partial charge in [-0.2, -0.15) is 0 Å². The molecule has 0 aromatic rings. The molecule has 0 spiro atoms. The summed E-state index contributed by atoms with van der Waals surface area (Å²) >= 11 is 1.83. The first-order valence-corrected chi connectivity index (χ1v) is 4.34. The van der Waals surface area contributed by atoms with Crippen LogP contribution in [0.4, 0.5) is 0 Å². The Labute approximate surface area is 64.0 Å². The van der Waals surface area contributed by atoms with E-state index in [-0.39, 0.29) is 0 Å². The van der Waals surface area contributed by atoms with Crippen LogP contribution in [-0.4, -0.2) is 24.2 Å². The van der Waals surface area contributed by atoms with E-state index in [4.69, 9.17) is 5.53 Å². The van der Waals surface area contributed by atoms with Crippen molar-refractivity contribution in [1.29, 1.82) is 0 Å². The highest BCUT2D eigenvalue weighted by Gasteiger charge is 2.10. The smallest absolute Gasteiger partial charge is 0.0588 e. The molecular formula is C5H10N4S. The zero-order valence-electron chi connectivity index (χ0n) is 5.66. The minimum Gasteiger partial charge on any atom is -0.305 e. The number of nitrogens with one attached hydrogen (secondary N) is 1. The summed E-state index contributed by atoms with van der Waals surface area (Å²) in [6.45, 7) is 1.62. The molecule has 1 fully saturated rings. The Morgan fingerprint density at radius 2 is 2.70 bits per heavy atom. The van der Waals surface area contributed by atoms with Crippen LogP contribution in [0, 0.1) is 0 Å². The van der Waals surface area contributed by atoms with Crippen LogP contribution in [0.2, 0.25) is 0 Å². The van der Waals surface area contributed by atoms with Gasteiger partial charge in [0, 0.05) is 4.91 Å². The van der Waals surface area contributed by atoms with Crippen molar-refractivity contribution in [2.45, 2.75) is 11.8 Å². The highest BCUT2D eigenvalue weighted by atomic mass is 32.2. The fourth-order valence-corrected chi connectivity index (χ4v) is 1.85. The number of thioether (sulfide) groups is 1. The van der Waals surface area contributed by atoms with Crippen molar-refractivity contribution >= 4 is 11.8 Å². The molecule has 0 amide bonds. The second-order valence-electron chi connectivity index (χ2n) is 2.08. The fraction of sp³-hybridized carbons (Fsp3) is 1.00. The number of hydrogen-bond donors (Lipinski definition) is 1. The van der Waals surface area contributed by atoms with Gasteiger partial charge in [-0.1, -0.05) is 5.11 Å². The molecule has 1 rings (SSSR count). The van der Waals surface area contributed by atoms with Crippen LogP contribution in [0.1, 0.15) is 6.42 Å². The summed E-state index contributed by atoms with van der Waals surface area (Å²) in [6.07, 6.45) is 1.22. The normalized spacial score (nSPS) is 25.4. The molecule has 5 heteroatoms. The van der Waals surface area contributed by atoms with Gasteiger partial charge in [-0.25, -0.2) is 0 Å². The van der Waals surface area contributed by atoms with Gasteiger partial charge in [0.1, 0.15) is 0 Å². The lowest BCUT2D eigenvalue weighted by Gasteiger charge is -2.20. The Kier molecular flexibility index (Phi) is 3.43. The molecule has 1 heterocycles. The lowest BCUT2D eigenvalue weighted by Crippen LogP contribution is -2.33. The number of nitrogens with zero attached hydrogens (tertiary/aromatic N) is 3. The van der Waals surface area contributed by atoms with Crippen molar-refractivity contribution in [3.05, 3.63) is 10.4 Å². The Morgan fingerprint density at radius 1 is 1.80 bits per heavy atom. The van der Waals surface area contributed by atoms with E-state index in [1.54, 1.807) is 0 Å². The van der Waals surface area contributed by atoms with Crippen LogP contribution in [0.25, 0.3) is 10.4 Å². The molecule has 56 valence electrons. The minimum atomic E-state index is 0.352. The monoisotopic (exact) mass is 158 g/mol. The minimum absolute atomic E-state index is 0.352. The van der Waals surface area contributed by atoms with Crippen molar-refractivity contribution in [1.82, 2.24) is 5.32 Å². The molecule has 1 aliphatic rings. The molecule has 0 aromatic carbocycles. The lowest BCUT2D eigenvalue weighted by molar-refractivity contribution is 0.624. The largest absolute Gasteiger partial charge is 0.305 e. The first-order chi connectivity index (χ1) is 4.93. The highest BCUT2D eigenvalue weighted by molar-refractivity contribution is 7.99. The highest BCUT2D eigenvalue weighted by Crippen LogP contribution is 2.13. The lowest BCUT2D eigenvalue weighted by atomic mass is 10.4. The SMILES string of the molecule is [N-]=[N+]=NCC1NCCCS1. The van der Waals surface area contributed by atoms with E-state index >= 15 is 0 Å². The molecule has 10 heavy (non-hydrogen) atoms. The summed E-state index contributed by atoms with van der Waals surface area (Å²) in [7, 11) is 0. The number of azide groups is 1. The summed E-state index contributed by atoms with van der Waals surface area (Å²) in [5.74, 6) is 1.18. The summed E-state index contributed by atoms with van der Waals surface area (Å²) in [5, 5.41) is 7.10. The van der Waals surface area contributed by atoms with Crippen LogP contribution in [0.5, 0.6) is 0 Å². The summed E-state index contributed by atoms with van der Waals surface area (Å²) < 4.78 is 0. The molecule has 0 aliphatic carbocycles. The van der Waals surface area contributed by atoms with E-state index in [1.807, 2.05) is 11.8 Å². The van der Waals surface area contributed by atoms with Gasteiger partial charge < -0.3 is 5.32 Å². The van der Waals surface area contributed by atoms with Crippen LogP contribution >= 0.6 is 11.8 Å². The standard InChI is InChI=1S/C5H10N4S/c6-9-8-4-5-7-2-1-3-10-5/h5,7H,1-4H2. The molecule has 1 atom stereocenters. The topological polar surface area (TPSA) is 60.8 Å². The van der Waals surface area contributed by atoms with E-state index in [0.717, 1.165) is 6.54 Å². The Hall–Kier alpha value is -0.380. The third-order valence-electron chi connectivity index (χ3n) is 1.32. The third kappa shape index (κ3) is 2.47. The molecule has 0 saturated carbocycles. The van der Waals surface area contributed by atoms with Gasteiger partial charge >= 0.3 is 0 Å². The van der Waals surface area contributed by atoms with Crippen molar-refractivity contribution in [3.63, 3.8) is 0 Å². The zero-order valence-corrected chi connectivity index (χ0v) is 6.47. The average molecular weight is 158 g/mol. The van der Waals surface area contributed by atoms with Gasteiger partial charge in [0.05, 0.1) is 11.9 Å². The Morgan fingerprint density at radius 3 is 3.30 bits per heavy atom. The maximum Gasteiger partial charge on any atom is 0.0588 e. The summed E-state index contributed by atoms with van der Waals surface area (Å²) in [6, 6.07) is 0. The fourth-order valence-electron chi connectivity index (χ4n) is 0.848. The maximum absolute atomic E-state index is 8.02. The summed E-state index contributed by atoms with van der Waals surface area (Å²) in [4.78, 5) is 2.70. The average Bonchev–Trinajstić information content (AvgIpc) is 2.03. The van der Waals surface area contributed by atoms with Gasteiger partial charge in [0.2, 0.25) is 0 Å². The van der Waals surface area contributed by atoms with Gasteiger partial charge in [-0.15, -0.1) is 11.8 Å². The van der Waals surface area contributed by atoms with E-state index in [2.05, 4.69) is 15.3 Å². The third-order valence-corrected chi connectivity index (χ3v) is 2.57. The van der Waals surface area contributed by atoms with Crippen LogP contribution < -0.4 is 5.32 Å². The number of rotatable bonds is 2. The van der Waals surface area contributed by atoms with Crippen LogP contribution in [0.3, 0.4) is 0 Å². The zero-order chi connectivity index (χ0) is 7.23. The van der Waals surface area contributed by atoms with Crippen molar-refractivity contribution in [3.8, 4) is 0 Å². The molecule has 1 N–H and O–H groups in total. The molecule has 1 saturated heterocycles. The van der Waals surface area contributed by atoms with Gasteiger partial charge in [0.15, 0.2) is 0 Å². The van der Waals surface area contributed by atoms with Gasteiger partial charge in [-0.3, -0.25) is 0 Å². The maximum atomic E-state index is 8.02. The van der Waals surface area contributed by atoms with E-state index in [9.17, 15) is 0 Å². The molecule has 0 bridgehead atoms.